The summed E-state index contributed by atoms with van der Waals surface area (Å²) in [6, 6.07) is 16.4. The van der Waals surface area contributed by atoms with E-state index in [1.807, 2.05) is 31.2 Å². The normalized spacial score (nSPS) is 17.8. The van der Waals surface area contributed by atoms with Gasteiger partial charge in [-0.2, -0.15) is 0 Å². The predicted molar refractivity (Wildman–Crippen MR) is 143 cm³/mol. The van der Waals surface area contributed by atoms with Crippen molar-refractivity contribution in [1.29, 1.82) is 0 Å². The molecule has 3 N–H and O–H groups in total. The van der Waals surface area contributed by atoms with E-state index in [1.165, 1.54) is 47.6 Å². The Morgan fingerprint density at radius 1 is 0.829 bits per heavy atom. The van der Waals surface area contributed by atoms with Crippen molar-refractivity contribution in [3.05, 3.63) is 94.6 Å². The second-order valence-corrected chi connectivity index (χ2v) is 9.40. The first-order chi connectivity index (χ1) is 17.0. The molecule has 3 unspecified atom stereocenters. The predicted octanol–water partition coefficient (Wildman–Crippen LogP) is 6.71. The van der Waals surface area contributed by atoms with Gasteiger partial charge < -0.3 is 15.3 Å². The van der Waals surface area contributed by atoms with Gasteiger partial charge in [0.2, 0.25) is 0 Å². The molecule has 3 atom stereocenters. The number of unbranched alkanes of at least 4 members (excludes halogenated alkanes) is 5. The zero-order valence-corrected chi connectivity index (χ0v) is 20.6. The molecule has 2 aliphatic carbocycles. The second-order valence-electron chi connectivity index (χ2n) is 9.40. The number of hydrogen-bond acceptors (Lipinski definition) is 3. The summed E-state index contributed by atoms with van der Waals surface area (Å²) in [7, 11) is 0. The number of rotatable bonds is 11. The van der Waals surface area contributed by atoms with Gasteiger partial charge in [-0.1, -0.05) is 105 Å². The quantitative estimate of drug-likeness (QED) is 0.250. The van der Waals surface area contributed by atoms with Gasteiger partial charge in [-0.15, -0.1) is 0 Å². The van der Waals surface area contributed by atoms with E-state index in [0.29, 0.717) is 6.61 Å². The lowest BCUT2D eigenvalue weighted by Crippen LogP contribution is -2.08. The van der Waals surface area contributed by atoms with Gasteiger partial charge in [0.1, 0.15) is 0 Å². The minimum absolute atomic E-state index is 0.0168. The maximum absolute atomic E-state index is 11.4. The highest BCUT2D eigenvalue weighted by molar-refractivity contribution is 5.83. The van der Waals surface area contributed by atoms with Crippen LogP contribution in [-0.2, 0) is 4.79 Å². The van der Waals surface area contributed by atoms with E-state index in [1.54, 1.807) is 0 Å². The number of allylic oxidation sites excluding steroid dienone is 3. The van der Waals surface area contributed by atoms with E-state index in [4.69, 9.17) is 10.2 Å². The summed E-state index contributed by atoms with van der Waals surface area (Å²) < 4.78 is 0. The van der Waals surface area contributed by atoms with Crippen molar-refractivity contribution < 1.29 is 20.1 Å². The van der Waals surface area contributed by atoms with Gasteiger partial charge in [-0.3, -0.25) is 0 Å². The van der Waals surface area contributed by atoms with Crippen molar-refractivity contribution >= 4 is 18.1 Å². The lowest BCUT2D eigenvalue weighted by Gasteiger charge is -2.21. The molecule has 35 heavy (non-hydrogen) atoms. The number of aliphatic hydroxyl groups excluding tert-OH is 2. The molecule has 4 rings (SSSR count). The fourth-order valence-electron chi connectivity index (χ4n) is 4.85. The molecular weight excluding hydrogens is 436 g/mol. The maximum Gasteiger partial charge on any atom is 0.328 e. The molecule has 0 fully saturated rings. The maximum atomic E-state index is 11.4. The highest BCUT2D eigenvalue weighted by Gasteiger charge is 2.29. The number of carboxylic acids is 1. The van der Waals surface area contributed by atoms with Crippen LogP contribution in [0.5, 0.6) is 0 Å². The van der Waals surface area contributed by atoms with Crippen LogP contribution in [0.15, 0.2) is 72.3 Å². The molecule has 2 aromatic carbocycles. The number of carbonyl (C=O) groups is 1. The molecule has 0 saturated heterocycles. The van der Waals surface area contributed by atoms with Crippen molar-refractivity contribution in [3.8, 4) is 0 Å². The third kappa shape index (κ3) is 7.78. The smallest absolute Gasteiger partial charge is 0.328 e. The number of aliphatic carboxylic acids is 1. The van der Waals surface area contributed by atoms with E-state index in [9.17, 15) is 9.90 Å². The second kappa shape index (κ2) is 13.8. The Labute approximate surface area is 209 Å². The summed E-state index contributed by atoms with van der Waals surface area (Å²) in [5.41, 5.74) is 5.61. The third-order valence-corrected chi connectivity index (χ3v) is 6.64. The topological polar surface area (TPSA) is 77.8 Å². The van der Waals surface area contributed by atoms with E-state index < -0.39 is 5.97 Å². The molecule has 186 valence electrons. The minimum atomic E-state index is -0.893. The van der Waals surface area contributed by atoms with Gasteiger partial charge >= 0.3 is 5.97 Å². The van der Waals surface area contributed by atoms with Gasteiger partial charge in [-0.05, 0) is 47.6 Å². The van der Waals surface area contributed by atoms with Crippen molar-refractivity contribution in [2.45, 2.75) is 69.8 Å². The molecule has 0 bridgehead atoms. The Morgan fingerprint density at radius 3 is 1.80 bits per heavy atom. The van der Waals surface area contributed by atoms with E-state index in [0.717, 1.165) is 31.3 Å². The summed E-state index contributed by atoms with van der Waals surface area (Å²) in [4.78, 5) is 11.4. The van der Waals surface area contributed by atoms with Crippen molar-refractivity contribution in [3.63, 3.8) is 0 Å². The van der Waals surface area contributed by atoms with E-state index in [-0.39, 0.29) is 17.9 Å². The molecular formula is C31H38O4. The molecule has 0 radical (unpaired) electrons. The lowest BCUT2D eigenvalue weighted by molar-refractivity contribution is -0.131. The number of hydrogen-bond donors (Lipinski definition) is 3. The average Bonchev–Trinajstić information content (AvgIpc) is 3.47. The monoisotopic (exact) mass is 474 g/mol. The standard InChI is InChI=1S/C21H16O2.C10H22O2/c22-21(23)13-20(18-11-9-14-5-1-3-7-16(14)18)19-12-10-15-6-2-4-8-17(15)19;1-10(12)8-6-4-2-3-5-7-9-11/h1-13,18-19H,(H,22,23);10-12H,2-9H2,1H3. The van der Waals surface area contributed by atoms with Crippen LogP contribution >= 0.6 is 0 Å². The molecule has 0 saturated carbocycles. The third-order valence-electron chi connectivity index (χ3n) is 6.64. The first-order valence-corrected chi connectivity index (χ1v) is 12.8. The number of carboxylic acid groups (broad SMARTS) is 1. The van der Waals surface area contributed by atoms with Crippen molar-refractivity contribution in [1.82, 2.24) is 0 Å². The highest BCUT2D eigenvalue weighted by atomic mass is 16.4. The van der Waals surface area contributed by atoms with Crippen LogP contribution in [0.3, 0.4) is 0 Å². The van der Waals surface area contributed by atoms with Crippen LogP contribution < -0.4 is 0 Å². The number of aliphatic hydroxyl groups is 2. The van der Waals surface area contributed by atoms with Crippen LogP contribution in [0.25, 0.3) is 12.2 Å². The van der Waals surface area contributed by atoms with Crippen LogP contribution in [0, 0.1) is 0 Å². The Kier molecular flexibility index (Phi) is 10.5. The summed E-state index contributed by atoms with van der Waals surface area (Å²) in [6.45, 7) is 2.17. The molecule has 2 aromatic rings. The Morgan fingerprint density at radius 2 is 1.31 bits per heavy atom. The SMILES string of the molecule is CC(O)CCCCCCCCO.O=C(O)C=C(C1C=Cc2ccccc21)C1C=Cc2ccccc21. The average molecular weight is 475 g/mol. The summed E-state index contributed by atoms with van der Waals surface area (Å²) in [6.07, 6.45) is 17.5. The molecule has 0 amide bonds. The fourth-order valence-corrected chi connectivity index (χ4v) is 4.85. The minimum Gasteiger partial charge on any atom is -0.478 e. The van der Waals surface area contributed by atoms with Gasteiger partial charge in [0.15, 0.2) is 0 Å². The van der Waals surface area contributed by atoms with Gasteiger partial charge in [-0.25, -0.2) is 4.79 Å². The highest BCUT2D eigenvalue weighted by Crippen LogP contribution is 2.45. The van der Waals surface area contributed by atoms with E-state index in [2.05, 4.69) is 48.6 Å². The van der Waals surface area contributed by atoms with Crippen LogP contribution in [0.1, 0.15) is 86.0 Å². The molecule has 0 spiro atoms. The van der Waals surface area contributed by atoms with Crippen LogP contribution in [0.4, 0.5) is 0 Å². The number of fused-ring (bicyclic) bond motifs is 2. The summed E-state index contributed by atoms with van der Waals surface area (Å²) in [5, 5.41) is 26.8. The zero-order chi connectivity index (χ0) is 25.0. The number of benzene rings is 2. The molecule has 0 aliphatic heterocycles. The van der Waals surface area contributed by atoms with Gasteiger partial charge in [0, 0.05) is 24.5 Å². The summed E-state index contributed by atoms with van der Waals surface area (Å²) >= 11 is 0. The fraction of sp³-hybridized carbons (Fsp3) is 0.387. The Hall–Kier alpha value is -2.95. The zero-order valence-electron chi connectivity index (χ0n) is 20.6. The largest absolute Gasteiger partial charge is 0.478 e. The molecule has 2 aliphatic rings. The van der Waals surface area contributed by atoms with Gasteiger partial charge in [0.05, 0.1) is 6.10 Å². The first-order valence-electron chi connectivity index (χ1n) is 12.8. The van der Waals surface area contributed by atoms with Crippen LogP contribution in [-0.4, -0.2) is 34.0 Å². The van der Waals surface area contributed by atoms with Crippen molar-refractivity contribution in [2.24, 2.45) is 0 Å². The van der Waals surface area contributed by atoms with Crippen LogP contribution in [0.2, 0.25) is 0 Å². The van der Waals surface area contributed by atoms with Gasteiger partial charge in [0.25, 0.3) is 0 Å². The lowest BCUT2D eigenvalue weighted by atomic mass is 9.81. The Bertz CT molecular complexity index is 984. The summed E-state index contributed by atoms with van der Waals surface area (Å²) in [5.74, 6) is -0.859. The first kappa shape index (κ1) is 26.7. The van der Waals surface area contributed by atoms with E-state index >= 15 is 0 Å². The molecule has 0 heterocycles. The molecule has 4 nitrogen and oxygen atoms in total. The Balaban J connectivity index is 0.000000245. The van der Waals surface area contributed by atoms with Crippen molar-refractivity contribution in [2.75, 3.05) is 6.61 Å². The molecule has 4 heteroatoms. The molecule has 0 aromatic heterocycles.